The highest BCUT2D eigenvalue weighted by molar-refractivity contribution is 5.85. The summed E-state index contributed by atoms with van der Waals surface area (Å²) in [6.07, 6.45) is 3.40. The molecule has 5 heteroatoms. The Labute approximate surface area is 144 Å². The molecule has 2 heterocycles. The molecule has 2 atom stereocenters. The fourth-order valence-electron chi connectivity index (χ4n) is 4.19. The van der Waals surface area contributed by atoms with E-state index in [1.165, 1.54) is 5.56 Å². The highest BCUT2D eigenvalue weighted by Crippen LogP contribution is 2.59. The van der Waals surface area contributed by atoms with E-state index in [2.05, 4.69) is 22.3 Å². The Kier molecular flexibility index (Phi) is 4.95. The number of halogens is 1. The third-order valence-corrected chi connectivity index (χ3v) is 5.68. The molecule has 0 bridgehead atoms. The van der Waals surface area contributed by atoms with E-state index in [9.17, 15) is 4.79 Å². The summed E-state index contributed by atoms with van der Waals surface area (Å²) < 4.78 is 5.65. The molecule has 4 nitrogen and oxygen atoms in total. The van der Waals surface area contributed by atoms with Gasteiger partial charge in [-0.3, -0.25) is 4.79 Å². The van der Waals surface area contributed by atoms with Gasteiger partial charge in [-0.2, -0.15) is 0 Å². The summed E-state index contributed by atoms with van der Waals surface area (Å²) >= 11 is 0. The van der Waals surface area contributed by atoms with Crippen molar-refractivity contribution in [3.63, 3.8) is 0 Å². The number of rotatable bonds is 2. The van der Waals surface area contributed by atoms with Crippen molar-refractivity contribution >= 4 is 18.3 Å². The number of carbonyl (C=O) groups excluding carboxylic acids is 1. The Balaban J connectivity index is 0.00000156. The fourth-order valence-corrected chi connectivity index (χ4v) is 4.19. The number of carbonyl (C=O) groups is 1. The maximum absolute atomic E-state index is 13.1. The highest BCUT2D eigenvalue weighted by Gasteiger charge is 2.59. The topological polar surface area (TPSA) is 41.6 Å². The molecule has 0 aromatic heterocycles. The molecule has 2 unspecified atom stereocenters. The average molecular weight is 337 g/mol. The molecule has 1 aromatic carbocycles. The van der Waals surface area contributed by atoms with Crippen LogP contribution in [-0.2, 0) is 9.53 Å². The first-order valence-electron chi connectivity index (χ1n) is 8.44. The molecule has 1 aromatic rings. The number of morpholine rings is 1. The zero-order valence-electron chi connectivity index (χ0n) is 13.4. The van der Waals surface area contributed by atoms with E-state index in [1.807, 2.05) is 18.2 Å². The Morgan fingerprint density at radius 3 is 2.70 bits per heavy atom. The van der Waals surface area contributed by atoms with Crippen LogP contribution >= 0.6 is 12.4 Å². The monoisotopic (exact) mass is 336 g/mol. The van der Waals surface area contributed by atoms with Crippen molar-refractivity contribution < 1.29 is 9.53 Å². The molecule has 1 saturated carbocycles. The molecule has 2 saturated heterocycles. The fraction of sp³-hybridized carbons (Fsp3) is 0.611. The number of benzene rings is 1. The Morgan fingerprint density at radius 1 is 1.22 bits per heavy atom. The van der Waals surface area contributed by atoms with Crippen LogP contribution in [0, 0.1) is 11.3 Å². The second-order valence-electron chi connectivity index (χ2n) is 6.90. The largest absolute Gasteiger partial charge is 0.377 e. The molecular weight excluding hydrogens is 312 g/mol. The number of hydrogen-bond acceptors (Lipinski definition) is 3. The van der Waals surface area contributed by atoms with Crippen molar-refractivity contribution in [3.8, 4) is 0 Å². The number of ether oxygens (including phenoxy) is 1. The van der Waals surface area contributed by atoms with Crippen molar-refractivity contribution in [2.24, 2.45) is 11.3 Å². The van der Waals surface area contributed by atoms with E-state index in [-0.39, 0.29) is 24.4 Å². The van der Waals surface area contributed by atoms with Crippen LogP contribution in [0.4, 0.5) is 0 Å². The number of piperidine rings is 1. The van der Waals surface area contributed by atoms with Crippen LogP contribution in [0.3, 0.4) is 0 Å². The van der Waals surface area contributed by atoms with Gasteiger partial charge in [0.15, 0.2) is 0 Å². The number of nitrogens with one attached hydrogen (secondary N) is 1. The first-order valence-corrected chi connectivity index (χ1v) is 8.44. The van der Waals surface area contributed by atoms with Gasteiger partial charge in [0.25, 0.3) is 0 Å². The molecule has 1 amide bonds. The molecule has 1 spiro atoms. The first kappa shape index (κ1) is 16.7. The van der Waals surface area contributed by atoms with Crippen molar-refractivity contribution in [2.75, 3.05) is 32.8 Å². The minimum atomic E-state index is 0. The molecule has 0 radical (unpaired) electrons. The molecule has 3 fully saturated rings. The maximum Gasteiger partial charge on any atom is 0.226 e. The number of amides is 1. The third kappa shape index (κ3) is 3.12. The van der Waals surface area contributed by atoms with Gasteiger partial charge < -0.3 is 15.0 Å². The maximum atomic E-state index is 13.1. The predicted molar refractivity (Wildman–Crippen MR) is 91.6 cm³/mol. The summed E-state index contributed by atoms with van der Waals surface area (Å²) in [4.78, 5) is 15.2. The minimum Gasteiger partial charge on any atom is -0.377 e. The van der Waals surface area contributed by atoms with Gasteiger partial charge in [0.05, 0.1) is 19.3 Å². The Morgan fingerprint density at radius 2 is 1.96 bits per heavy atom. The molecule has 2 aliphatic heterocycles. The molecule has 4 rings (SSSR count). The van der Waals surface area contributed by atoms with Crippen LogP contribution in [0.1, 0.15) is 30.9 Å². The zero-order chi connectivity index (χ0) is 15.0. The summed E-state index contributed by atoms with van der Waals surface area (Å²) in [5, 5.41) is 3.41. The van der Waals surface area contributed by atoms with Gasteiger partial charge in [0.1, 0.15) is 0 Å². The lowest BCUT2D eigenvalue weighted by molar-refractivity contribution is -0.142. The van der Waals surface area contributed by atoms with Gasteiger partial charge in [-0.25, -0.2) is 0 Å². The third-order valence-electron chi connectivity index (χ3n) is 5.68. The SMILES string of the molecule is Cl.O=C(C1CC12CCNCC2)N1CCOCC1c1ccccc1. The Bertz CT molecular complexity index is 545. The lowest BCUT2D eigenvalue weighted by Gasteiger charge is -2.37. The predicted octanol–water partition coefficient (Wildman–Crippen LogP) is 2.40. The van der Waals surface area contributed by atoms with Gasteiger partial charge in [-0.15, -0.1) is 12.4 Å². The average Bonchev–Trinajstić information content (AvgIpc) is 3.28. The van der Waals surface area contributed by atoms with E-state index >= 15 is 0 Å². The summed E-state index contributed by atoms with van der Waals surface area (Å²) in [6, 6.07) is 10.4. The lowest BCUT2D eigenvalue weighted by Crippen LogP contribution is -2.45. The standard InChI is InChI=1S/C18H24N2O2.ClH/c21-17(15-12-18(15)6-8-19-9-7-18)20-10-11-22-13-16(20)14-4-2-1-3-5-14;/h1-5,15-16,19H,6-13H2;1H. The van der Waals surface area contributed by atoms with E-state index in [0.717, 1.165) is 38.9 Å². The van der Waals surface area contributed by atoms with Crippen molar-refractivity contribution in [1.29, 1.82) is 0 Å². The molecule has 1 N–H and O–H groups in total. The van der Waals surface area contributed by atoms with Crippen LogP contribution in [-0.4, -0.2) is 43.7 Å². The van der Waals surface area contributed by atoms with Gasteiger partial charge in [0.2, 0.25) is 5.91 Å². The summed E-state index contributed by atoms with van der Waals surface area (Å²) in [5.41, 5.74) is 1.50. The molecule has 3 aliphatic rings. The molecule has 126 valence electrons. The van der Waals surface area contributed by atoms with E-state index in [1.54, 1.807) is 0 Å². The number of hydrogen-bond donors (Lipinski definition) is 1. The van der Waals surface area contributed by atoms with Crippen LogP contribution in [0.15, 0.2) is 30.3 Å². The van der Waals surface area contributed by atoms with Crippen LogP contribution in [0.5, 0.6) is 0 Å². The smallest absolute Gasteiger partial charge is 0.226 e. The normalized spacial score (nSPS) is 29.0. The first-order chi connectivity index (χ1) is 10.8. The Hall–Kier alpha value is -1.10. The van der Waals surface area contributed by atoms with E-state index < -0.39 is 0 Å². The minimum absolute atomic E-state index is 0. The van der Waals surface area contributed by atoms with Gasteiger partial charge in [0, 0.05) is 12.5 Å². The van der Waals surface area contributed by atoms with Crippen molar-refractivity contribution in [1.82, 2.24) is 10.2 Å². The molecule has 23 heavy (non-hydrogen) atoms. The van der Waals surface area contributed by atoms with Crippen LogP contribution < -0.4 is 5.32 Å². The second kappa shape index (κ2) is 6.80. The van der Waals surface area contributed by atoms with Gasteiger partial charge >= 0.3 is 0 Å². The van der Waals surface area contributed by atoms with Gasteiger partial charge in [-0.1, -0.05) is 30.3 Å². The van der Waals surface area contributed by atoms with Crippen molar-refractivity contribution in [3.05, 3.63) is 35.9 Å². The van der Waals surface area contributed by atoms with Crippen molar-refractivity contribution in [2.45, 2.75) is 25.3 Å². The molecular formula is C18H25ClN2O2. The summed E-state index contributed by atoms with van der Waals surface area (Å²) in [5.74, 6) is 0.609. The lowest BCUT2D eigenvalue weighted by atomic mass is 9.91. The highest BCUT2D eigenvalue weighted by atomic mass is 35.5. The van der Waals surface area contributed by atoms with Crippen LogP contribution in [0.25, 0.3) is 0 Å². The second-order valence-corrected chi connectivity index (χ2v) is 6.90. The van der Waals surface area contributed by atoms with E-state index in [4.69, 9.17) is 4.74 Å². The van der Waals surface area contributed by atoms with Gasteiger partial charge in [-0.05, 0) is 43.3 Å². The number of nitrogens with zero attached hydrogens (tertiary/aromatic N) is 1. The van der Waals surface area contributed by atoms with Crippen LogP contribution in [0.2, 0.25) is 0 Å². The zero-order valence-corrected chi connectivity index (χ0v) is 14.2. The summed E-state index contributed by atoms with van der Waals surface area (Å²) in [6.45, 7) is 4.14. The molecule has 1 aliphatic carbocycles. The summed E-state index contributed by atoms with van der Waals surface area (Å²) in [7, 11) is 0. The quantitative estimate of drug-likeness (QED) is 0.901. The van der Waals surface area contributed by atoms with E-state index in [0.29, 0.717) is 24.5 Å².